The molecule has 3 rings (SSSR count). The summed E-state index contributed by atoms with van der Waals surface area (Å²) in [4.78, 5) is 19.0. The highest BCUT2D eigenvalue weighted by Crippen LogP contribution is 2.27. The van der Waals surface area contributed by atoms with E-state index >= 15 is 0 Å². The van der Waals surface area contributed by atoms with E-state index in [0.717, 1.165) is 28.5 Å². The third-order valence-corrected chi connectivity index (χ3v) is 3.53. The van der Waals surface area contributed by atoms with Gasteiger partial charge in [0, 0.05) is 17.1 Å². The molecule has 2 aromatic heterocycles. The molecule has 0 saturated heterocycles. The summed E-state index contributed by atoms with van der Waals surface area (Å²) >= 11 is 1.71. The summed E-state index contributed by atoms with van der Waals surface area (Å²) in [5, 5.41) is 0. The first kappa shape index (κ1) is 9.72. The fourth-order valence-electron chi connectivity index (χ4n) is 1.74. The van der Waals surface area contributed by atoms with Crippen LogP contribution in [0.3, 0.4) is 0 Å². The van der Waals surface area contributed by atoms with Gasteiger partial charge in [0.1, 0.15) is 5.76 Å². The lowest BCUT2D eigenvalue weighted by Crippen LogP contribution is -2.14. The molecule has 1 aliphatic rings. The van der Waals surface area contributed by atoms with Crippen LogP contribution in [-0.2, 0) is 11.5 Å². The summed E-state index contributed by atoms with van der Waals surface area (Å²) in [6, 6.07) is 3.68. The summed E-state index contributed by atoms with van der Waals surface area (Å²) in [7, 11) is 0. The van der Waals surface area contributed by atoms with Crippen LogP contribution in [0.4, 0.5) is 0 Å². The summed E-state index contributed by atoms with van der Waals surface area (Å²) < 4.78 is 5.44. The highest BCUT2D eigenvalue weighted by molar-refractivity contribution is 7.98. The largest absolute Gasteiger partial charge is 0.458 e. The van der Waals surface area contributed by atoms with Gasteiger partial charge >= 0.3 is 0 Å². The highest BCUT2D eigenvalue weighted by atomic mass is 32.2. The van der Waals surface area contributed by atoms with Gasteiger partial charge in [-0.25, -0.2) is 4.98 Å². The number of nitrogens with zero attached hydrogens (tertiary/aromatic N) is 1. The minimum absolute atomic E-state index is 0.0425. The third kappa shape index (κ3) is 1.48. The number of fused-ring (bicyclic) bond motifs is 1. The predicted molar refractivity (Wildman–Crippen MR) is 62.3 cm³/mol. The van der Waals surface area contributed by atoms with Gasteiger partial charge in [0.25, 0.3) is 5.56 Å². The van der Waals surface area contributed by atoms with Gasteiger partial charge in [0.15, 0.2) is 11.6 Å². The molecule has 5 heteroatoms. The van der Waals surface area contributed by atoms with E-state index in [9.17, 15) is 4.79 Å². The summed E-state index contributed by atoms with van der Waals surface area (Å²) in [5.74, 6) is 3.53. The molecule has 0 aromatic carbocycles. The second-order valence-corrected chi connectivity index (χ2v) is 4.73. The molecule has 0 bridgehead atoms. The third-order valence-electron chi connectivity index (χ3n) is 2.56. The zero-order valence-corrected chi connectivity index (χ0v) is 9.56. The van der Waals surface area contributed by atoms with Crippen molar-refractivity contribution in [3.8, 4) is 11.6 Å². The number of rotatable bonds is 1. The first-order valence-corrected chi connectivity index (χ1v) is 6.16. The quantitative estimate of drug-likeness (QED) is 0.820. The molecule has 0 radical (unpaired) electrons. The second kappa shape index (κ2) is 3.52. The molecule has 0 spiro atoms. The van der Waals surface area contributed by atoms with Crippen LogP contribution in [-0.4, -0.2) is 9.97 Å². The number of aryl methyl sites for hydroxylation is 1. The average Bonchev–Trinajstić information content (AvgIpc) is 2.85. The van der Waals surface area contributed by atoms with E-state index in [1.807, 2.05) is 19.1 Å². The van der Waals surface area contributed by atoms with Crippen LogP contribution in [0.15, 0.2) is 21.3 Å². The Hall–Kier alpha value is -1.49. The maximum atomic E-state index is 11.8. The van der Waals surface area contributed by atoms with E-state index < -0.39 is 0 Å². The second-order valence-electron chi connectivity index (χ2n) is 3.74. The monoisotopic (exact) mass is 234 g/mol. The summed E-state index contributed by atoms with van der Waals surface area (Å²) in [6.07, 6.45) is 0. The first-order chi connectivity index (χ1) is 7.74. The molecule has 2 aromatic rings. The lowest BCUT2D eigenvalue weighted by atomic mass is 10.2. The standard InChI is InChI=1S/C11H10N2O2S/c1-6-2-3-9(15-6)10-12-8-5-16-4-7(8)11(14)13-10/h2-3H,4-5H2,1H3,(H,12,13,14). The van der Waals surface area contributed by atoms with Crippen molar-refractivity contribution in [2.75, 3.05) is 0 Å². The molecular formula is C11H10N2O2S. The van der Waals surface area contributed by atoms with Crippen LogP contribution in [0.25, 0.3) is 11.6 Å². The van der Waals surface area contributed by atoms with Crippen molar-refractivity contribution in [2.45, 2.75) is 18.4 Å². The molecule has 0 atom stereocenters. The fourth-order valence-corrected chi connectivity index (χ4v) is 2.78. The van der Waals surface area contributed by atoms with E-state index in [2.05, 4.69) is 9.97 Å². The number of thioether (sulfide) groups is 1. The molecule has 1 N–H and O–H groups in total. The zero-order chi connectivity index (χ0) is 11.1. The SMILES string of the molecule is Cc1ccc(-c2nc3c(c(=O)[nH]2)CSC3)o1. The number of aromatic amines is 1. The van der Waals surface area contributed by atoms with Gasteiger partial charge in [-0.2, -0.15) is 11.8 Å². The number of aromatic nitrogens is 2. The maximum absolute atomic E-state index is 11.8. The van der Waals surface area contributed by atoms with Crippen molar-refractivity contribution in [1.29, 1.82) is 0 Å². The molecule has 0 saturated carbocycles. The van der Waals surface area contributed by atoms with Gasteiger partial charge < -0.3 is 9.40 Å². The number of hydrogen-bond donors (Lipinski definition) is 1. The van der Waals surface area contributed by atoms with Gasteiger partial charge in [-0.15, -0.1) is 0 Å². The summed E-state index contributed by atoms with van der Waals surface area (Å²) in [6.45, 7) is 1.87. The Bertz CT molecular complexity index is 600. The van der Waals surface area contributed by atoms with Crippen molar-refractivity contribution in [3.05, 3.63) is 39.5 Å². The smallest absolute Gasteiger partial charge is 0.255 e. The number of H-pyrrole nitrogens is 1. The van der Waals surface area contributed by atoms with E-state index in [1.54, 1.807) is 11.8 Å². The van der Waals surface area contributed by atoms with Gasteiger partial charge in [-0.05, 0) is 19.1 Å². The number of nitrogens with one attached hydrogen (secondary N) is 1. The molecule has 3 heterocycles. The van der Waals surface area contributed by atoms with Crippen molar-refractivity contribution in [1.82, 2.24) is 9.97 Å². The molecule has 0 aliphatic carbocycles. The van der Waals surface area contributed by atoms with Gasteiger partial charge in [-0.3, -0.25) is 4.79 Å². The Morgan fingerprint density at radius 2 is 2.31 bits per heavy atom. The van der Waals surface area contributed by atoms with Crippen LogP contribution < -0.4 is 5.56 Å². The number of hydrogen-bond acceptors (Lipinski definition) is 4. The normalized spacial score (nSPS) is 14.1. The van der Waals surface area contributed by atoms with Gasteiger partial charge in [-0.1, -0.05) is 0 Å². The lowest BCUT2D eigenvalue weighted by Gasteiger charge is -2.00. The molecule has 16 heavy (non-hydrogen) atoms. The van der Waals surface area contributed by atoms with Gasteiger partial charge in [0.05, 0.1) is 5.69 Å². The molecular weight excluding hydrogens is 224 g/mol. The highest BCUT2D eigenvalue weighted by Gasteiger charge is 2.18. The minimum atomic E-state index is -0.0425. The van der Waals surface area contributed by atoms with E-state index in [1.165, 1.54) is 0 Å². The minimum Gasteiger partial charge on any atom is -0.458 e. The summed E-state index contributed by atoms with van der Waals surface area (Å²) in [5.41, 5.74) is 1.65. The topological polar surface area (TPSA) is 58.9 Å². The van der Waals surface area contributed by atoms with Crippen LogP contribution >= 0.6 is 11.8 Å². The molecule has 82 valence electrons. The van der Waals surface area contributed by atoms with Crippen LogP contribution in [0.5, 0.6) is 0 Å². The molecule has 0 fully saturated rings. The van der Waals surface area contributed by atoms with Crippen molar-refractivity contribution in [3.63, 3.8) is 0 Å². The van der Waals surface area contributed by atoms with E-state index in [0.29, 0.717) is 11.6 Å². The van der Waals surface area contributed by atoms with Crippen LogP contribution in [0, 0.1) is 6.92 Å². The van der Waals surface area contributed by atoms with Crippen LogP contribution in [0.1, 0.15) is 17.0 Å². The van der Waals surface area contributed by atoms with Crippen molar-refractivity contribution < 1.29 is 4.42 Å². The molecule has 0 amide bonds. The average molecular weight is 234 g/mol. The van der Waals surface area contributed by atoms with Crippen molar-refractivity contribution in [2.24, 2.45) is 0 Å². The lowest BCUT2D eigenvalue weighted by molar-refractivity contribution is 0.543. The Morgan fingerprint density at radius 3 is 3.06 bits per heavy atom. The van der Waals surface area contributed by atoms with Gasteiger partial charge in [0.2, 0.25) is 0 Å². The fraction of sp³-hybridized carbons (Fsp3) is 0.273. The molecule has 4 nitrogen and oxygen atoms in total. The molecule has 0 unspecified atom stereocenters. The van der Waals surface area contributed by atoms with E-state index in [-0.39, 0.29) is 5.56 Å². The Labute approximate surface area is 96.1 Å². The predicted octanol–water partition coefficient (Wildman–Crippen LogP) is 2.09. The Kier molecular flexibility index (Phi) is 2.14. The Balaban J connectivity index is 2.16. The Morgan fingerprint density at radius 1 is 1.44 bits per heavy atom. The van der Waals surface area contributed by atoms with E-state index in [4.69, 9.17) is 4.42 Å². The number of furan rings is 1. The molecule has 1 aliphatic heterocycles. The first-order valence-electron chi connectivity index (χ1n) is 5.00. The van der Waals surface area contributed by atoms with Crippen molar-refractivity contribution >= 4 is 11.8 Å². The zero-order valence-electron chi connectivity index (χ0n) is 8.74. The van der Waals surface area contributed by atoms with Crippen LogP contribution in [0.2, 0.25) is 0 Å². The maximum Gasteiger partial charge on any atom is 0.255 e.